The predicted molar refractivity (Wildman–Crippen MR) is 51.2 cm³/mol. The fraction of sp³-hybridized carbons (Fsp3) is 0.400. The number of hydrogen-bond donors (Lipinski definition) is 2. The number of halogens is 3. The lowest BCUT2D eigenvalue weighted by Gasteiger charge is -2.14. The van der Waals surface area contributed by atoms with Gasteiger partial charge in [0.05, 0.1) is 5.56 Å². The molecule has 3 N–H and O–H groups in total. The molecule has 16 heavy (non-hydrogen) atoms. The molecule has 1 unspecified atom stereocenters. The van der Waals surface area contributed by atoms with Crippen molar-refractivity contribution in [2.45, 2.75) is 18.7 Å². The Kier molecular flexibility index (Phi) is 4.28. The lowest BCUT2D eigenvalue weighted by molar-refractivity contribution is -0.137. The van der Waals surface area contributed by atoms with Gasteiger partial charge in [-0.3, -0.25) is 4.84 Å². The highest BCUT2D eigenvalue weighted by Gasteiger charge is 2.30. The third kappa shape index (κ3) is 3.19. The Morgan fingerprint density at radius 2 is 1.81 bits per heavy atom. The SMILES string of the molecule is NOC(CCO)c1ccc(C(F)(F)F)cc1. The van der Waals surface area contributed by atoms with Crippen molar-refractivity contribution in [2.24, 2.45) is 5.90 Å². The average molecular weight is 235 g/mol. The summed E-state index contributed by atoms with van der Waals surface area (Å²) in [5, 5.41) is 8.70. The lowest BCUT2D eigenvalue weighted by Crippen LogP contribution is -2.11. The number of benzene rings is 1. The van der Waals surface area contributed by atoms with E-state index in [1.807, 2.05) is 0 Å². The van der Waals surface area contributed by atoms with E-state index in [0.29, 0.717) is 5.56 Å². The van der Waals surface area contributed by atoms with Gasteiger partial charge in [0.25, 0.3) is 0 Å². The summed E-state index contributed by atoms with van der Waals surface area (Å²) in [6.45, 7) is -0.150. The van der Waals surface area contributed by atoms with Crippen LogP contribution in [0.1, 0.15) is 23.7 Å². The molecular formula is C10H12F3NO2. The molecule has 0 aromatic heterocycles. The van der Waals surface area contributed by atoms with Crippen LogP contribution in [0.5, 0.6) is 0 Å². The number of rotatable bonds is 4. The molecule has 0 bridgehead atoms. The summed E-state index contributed by atoms with van der Waals surface area (Å²) in [5.41, 5.74) is -0.222. The molecule has 0 radical (unpaired) electrons. The number of alkyl halides is 3. The van der Waals surface area contributed by atoms with Crippen LogP contribution < -0.4 is 5.90 Å². The summed E-state index contributed by atoms with van der Waals surface area (Å²) in [6.07, 6.45) is -4.71. The van der Waals surface area contributed by atoms with Gasteiger partial charge in [0.1, 0.15) is 6.10 Å². The molecule has 1 aromatic rings. The van der Waals surface area contributed by atoms with E-state index < -0.39 is 17.8 Å². The van der Waals surface area contributed by atoms with Crippen LogP contribution in [-0.4, -0.2) is 11.7 Å². The van der Waals surface area contributed by atoms with Crippen molar-refractivity contribution in [3.05, 3.63) is 35.4 Å². The largest absolute Gasteiger partial charge is 0.416 e. The van der Waals surface area contributed by atoms with Gasteiger partial charge in [0.2, 0.25) is 0 Å². The number of aliphatic hydroxyl groups is 1. The Morgan fingerprint density at radius 3 is 2.19 bits per heavy atom. The monoisotopic (exact) mass is 235 g/mol. The molecule has 0 fully saturated rings. The van der Waals surface area contributed by atoms with Gasteiger partial charge in [-0.05, 0) is 17.7 Å². The first-order valence-corrected chi connectivity index (χ1v) is 4.62. The Labute approximate surface area is 90.6 Å². The van der Waals surface area contributed by atoms with E-state index in [-0.39, 0.29) is 13.0 Å². The Balaban J connectivity index is 2.85. The maximum Gasteiger partial charge on any atom is 0.416 e. The molecular weight excluding hydrogens is 223 g/mol. The maximum absolute atomic E-state index is 12.3. The number of hydrogen-bond acceptors (Lipinski definition) is 3. The zero-order valence-electron chi connectivity index (χ0n) is 8.37. The second-order valence-corrected chi connectivity index (χ2v) is 3.26. The van der Waals surface area contributed by atoms with Crippen LogP contribution >= 0.6 is 0 Å². The highest BCUT2D eigenvalue weighted by Crippen LogP contribution is 2.30. The number of aliphatic hydroxyl groups excluding tert-OH is 1. The van der Waals surface area contributed by atoms with Gasteiger partial charge in [-0.2, -0.15) is 13.2 Å². The Morgan fingerprint density at radius 1 is 1.25 bits per heavy atom. The zero-order chi connectivity index (χ0) is 12.2. The summed E-state index contributed by atoms with van der Waals surface area (Å²) in [4.78, 5) is 4.56. The minimum atomic E-state index is -4.35. The lowest BCUT2D eigenvalue weighted by atomic mass is 10.0. The van der Waals surface area contributed by atoms with Gasteiger partial charge < -0.3 is 5.11 Å². The normalized spacial score (nSPS) is 13.8. The first kappa shape index (κ1) is 13.0. The molecule has 1 rings (SSSR count). The summed E-state index contributed by atoms with van der Waals surface area (Å²) in [6, 6.07) is 4.49. The van der Waals surface area contributed by atoms with Crippen LogP contribution in [0, 0.1) is 0 Å². The molecule has 0 saturated heterocycles. The van der Waals surface area contributed by atoms with Crippen molar-refractivity contribution >= 4 is 0 Å². The predicted octanol–water partition coefficient (Wildman–Crippen LogP) is 2.02. The summed E-state index contributed by atoms with van der Waals surface area (Å²) >= 11 is 0. The molecule has 1 atom stereocenters. The van der Waals surface area contributed by atoms with Gasteiger partial charge in [-0.15, -0.1) is 0 Å². The molecule has 0 heterocycles. The standard InChI is InChI=1S/C10H12F3NO2/c11-10(12,13)8-3-1-7(2-4-8)9(16-14)5-6-15/h1-4,9,15H,5-6,14H2. The highest BCUT2D eigenvalue weighted by atomic mass is 19.4. The van der Waals surface area contributed by atoms with E-state index in [2.05, 4.69) is 4.84 Å². The second-order valence-electron chi connectivity index (χ2n) is 3.26. The van der Waals surface area contributed by atoms with Gasteiger partial charge in [-0.25, -0.2) is 5.90 Å². The van der Waals surface area contributed by atoms with Crippen LogP contribution in [0.3, 0.4) is 0 Å². The van der Waals surface area contributed by atoms with Crippen molar-refractivity contribution in [1.29, 1.82) is 0 Å². The third-order valence-electron chi connectivity index (χ3n) is 2.17. The summed E-state index contributed by atoms with van der Waals surface area (Å²) < 4.78 is 36.8. The molecule has 0 aliphatic heterocycles. The van der Waals surface area contributed by atoms with Crippen LogP contribution in [-0.2, 0) is 11.0 Å². The van der Waals surface area contributed by atoms with E-state index in [9.17, 15) is 13.2 Å². The third-order valence-corrected chi connectivity index (χ3v) is 2.17. The summed E-state index contributed by atoms with van der Waals surface area (Å²) in [5.74, 6) is 4.98. The van der Waals surface area contributed by atoms with Crippen molar-refractivity contribution in [3.8, 4) is 0 Å². The molecule has 3 nitrogen and oxygen atoms in total. The fourth-order valence-corrected chi connectivity index (χ4v) is 1.32. The van der Waals surface area contributed by atoms with E-state index in [1.165, 1.54) is 12.1 Å². The second kappa shape index (κ2) is 5.29. The van der Waals surface area contributed by atoms with Gasteiger partial charge in [0, 0.05) is 13.0 Å². The van der Waals surface area contributed by atoms with Gasteiger partial charge >= 0.3 is 6.18 Å². The van der Waals surface area contributed by atoms with Crippen LogP contribution in [0.4, 0.5) is 13.2 Å². The Hall–Kier alpha value is -1.11. The number of nitrogens with two attached hydrogens (primary N) is 1. The van der Waals surface area contributed by atoms with E-state index in [0.717, 1.165) is 12.1 Å². The van der Waals surface area contributed by atoms with Gasteiger partial charge in [-0.1, -0.05) is 12.1 Å². The van der Waals surface area contributed by atoms with Crippen molar-refractivity contribution < 1.29 is 23.1 Å². The van der Waals surface area contributed by atoms with Crippen LogP contribution in [0.25, 0.3) is 0 Å². The van der Waals surface area contributed by atoms with Crippen LogP contribution in [0.15, 0.2) is 24.3 Å². The quantitative estimate of drug-likeness (QED) is 0.785. The van der Waals surface area contributed by atoms with Crippen molar-refractivity contribution in [1.82, 2.24) is 0 Å². The fourth-order valence-electron chi connectivity index (χ4n) is 1.32. The van der Waals surface area contributed by atoms with Crippen LogP contribution in [0.2, 0.25) is 0 Å². The average Bonchev–Trinajstić information content (AvgIpc) is 2.25. The first-order valence-electron chi connectivity index (χ1n) is 4.62. The minimum absolute atomic E-state index is 0.150. The highest BCUT2D eigenvalue weighted by molar-refractivity contribution is 5.26. The molecule has 90 valence electrons. The van der Waals surface area contributed by atoms with Crippen molar-refractivity contribution in [2.75, 3.05) is 6.61 Å². The molecule has 0 aliphatic carbocycles. The Bertz CT molecular complexity index is 324. The summed E-state index contributed by atoms with van der Waals surface area (Å²) in [7, 11) is 0. The molecule has 0 spiro atoms. The molecule has 6 heteroatoms. The molecule has 1 aromatic carbocycles. The minimum Gasteiger partial charge on any atom is -0.396 e. The van der Waals surface area contributed by atoms with E-state index >= 15 is 0 Å². The smallest absolute Gasteiger partial charge is 0.396 e. The maximum atomic E-state index is 12.3. The molecule has 0 saturated carbocycles. The molecule has 0 amide bonds. The van der Waals surface area contributed by atoms with Crippen molar-refractivity contribution in [3.63, 3.8) is 0 Å². The topological polar surface area (TPSA) is 55.5 Å². The van der Waals surface area contributed by atoms with E-state index in [4.69, 9.17) is 11.0 Å². The van der Waals surface area contributed by atoms with E-state index in [1.54, 1.807) is 0 Å². The van der Waals surface area contributed by atoms with Gasteiger partial charge in [0.15, 0.2) is 0 Å². The molecule has 0 aliphatic rings. The first-order chi connectivity index (χ1) is 7.49. The zero-order valence-corrected chi connectivity index (χ0v) is 8.37.